The van der Waals surface area contributed by atoms with Gasteiger partial charge < -0.3 is 9.15 Å². The second-order valence-corrected chi connectivity index (χ2v) is 8.16. The highest BCUT2D eigenvalue weighted by molar-refractivity contribution is 9.11. The van der Waals surface area contributed by atoms with Crippen molar-refractivity contribution in [3.63, 3.8) is 0 Å². The van der Waals surface area contributed by atoms with Crippen LogP contribution in [0.1, 0.15) is 21.2 Å². The molecule has 24 heavy (non-hydrogen) atoms. The Kier molecular flexibility index (Phi) is 4.93. The Bertz CT molecular complexity index is 854. The summed E-state index contributed by atoms with van der Waals surface area (Å²) in [5, 5.41) is -0.377. The zero-order chi connectivity index (χ0) is 17.3. The minimum atomic E-state index is -0.612. The van der Waals surface area contributed by atoms with E-state index in [1.807, 2.05) is 12.1 Å². The average Bonchev–Trinajstić information content (AvgIpc) is 3.24. The minimum Gasteiger partial charge on any atom is -0.463 e. The van der Waals surface area contributed by atoms with Crippen molar-refractivity contribution < 1.29 is 23.5 Å². The van der Waals surface area contributed by atoms with E-state index in [0.717, 1.165) is 25.3 Å². The van der Waals surface area contributed by atoms with Gasteiger partial charge in [0.25, 0.3) is 11.1 Å². The molecule has 0 radical (unpaired) electrons. The normalized spacial score (nSPS) is 16.2. The van der Waals surface area contributed by atoms with Crippen molar-refractivity contribution >= 4 is 62.2 Å². The largest absolute Gasteiger partial charge is 0.463 e. The van der Waals surface area contributed by atoms with Gasteiger partial charge >= 0.3 is 5.97 Å². The molecule has 2 aromatic rings. The molecule has 0 bridgehead atoms. The van der Waals surface area contributed by atoms with E-state index in [2.05, 4.69) is 20.7 Å². The lowest BCUT2D eigenvalue weighted by Crippen LogP contribution is -2.27. The van der Waals surface area contributed by atoms with Crippen LogP contribution in [0.25, 0.3) is 6.08 Å². The van der Waals surface area contributed by atoms with Crippen molar-refractivity contribution in [1.29, 1.82) is 0 Å². The Labute approximate surface area is 153 Å². The first kappa shape index (κ1) is 17.0. The summed E-state index contributed by atoms with van der Waals surface area (Å²) in [5.74, 6) is -0.639. The van der Waals surface area contributed by atoms with E-state index in [1.54, 1.807) is 6.08 Å². The average molecular weight is 428 g/mol. The van der Waals surface area contributed by atoms with Crippen molar-refractivity contribution in [1.82, 2.24) is 4.90 Å². The molecule has 0 aromatic carbocycles. The van der Waals surface area contributed by atoms with Crippen LogP contribution in [0.2, 0.25) is 0 Å². The quantitative estimate of drug-likeness (QED) is 0.539. The molecular formula is C15H10BrNO5S2. The zero-order valence-electron chi connectivity index (χ0n) is 12.3. The molecule has 0 unspecified atom stereocenters. The van der Waals surface area contributed by atoms with Gasteiger partial charge in [0.2, 0.25) is 5.76 Å². The van der Waals surface area contributed by atoms with E-state index in [4.69, 9.17) is 4.42 Å². The fraction of sp³-hybridized carbons (Fsp3) is 0.133. The maximum atomic E-state index is 12.4. The number of amides is 2. The number of rotatable bonds is 4. The van der Waals surface area contributed by atoms with E-state index < -0.39 is 5.97 Å². The number of hydrogen-bond donors (Lipinski definition) is 0. The van der Waals surface area contributed by atoms with Crippen molar-refractivity contribution in [3.05, 3.63) is 49.4 Å². The third kappa shape index (κ3) is 3.47. The zero-order valence-corrected chi connectivity index (χ0v) is 15.5. The van der Waals surface area contributed by atoms with Crippen molar-refractivity contribution in [2.45, 2.75) is 6.54 Å². The van der Waals surface area contributed by atoms with E-state index >= 15 is 0 Å². The van der Waals surface area contributed by atoms with Gasteiger partial charge in [-0.15, -0.1) is 11.3 Å². The summed E-state index contributed by atoms with van der Waals surface area (Å²) in [6, 6.07) is 6.71. The summed E-state index contributed by atoms with van der Waals surface area (Å²) < 4.78 is 10.8. The Balaban J connectivity index is 1.76. The fourth-order valence-corrected chi connectivity index (χ4v) is 4.27. The first-order valence-corrected chi connectivity index (χ1v) is 9.08. The van der Waals surface area contributed by atoms with Crippen LogP contribution in [-0.4, -0.2) is 29.1 Å². The summed E-state index contributed by atoms with van der Waals surface area (Å²) in [7, 11) is 1.24. The maximum Gasteiger partial charge on any atom is 0.373 e. The Hall–Kier alpha value is -1.84. The number of imide groups is 1. The highest BCUT2D eigenvalue weighted by Crippen LogP contribution is 2.35. The lowest BCUT2D eigenvalue weighted by Gasteiger charge is -2.09. The number of hydrogen-bond acceptors (Lipinski definition) is 7. The lowest BCUT2D eigenvalue weighted by molar-refractivity contribution is -0.123. The summed E-state index contributed by atoms with van der Waals surface area (Å²) in [5.41, 5.74) is 0. The maximum absolute atomic E-state index is 12.4. The van der Waals surface area contributed by atoms with Gasteiger partial charge in [-0.25, -0.2) is 4.79 Å². The number of thiophene rings is 1. The molecule has 2 aromatic heterocycles. The van der Waals surface area contributed by atoms with Gasteiger partial charge in [0, 0.05) is 4.88 Å². The smallest absolute Gasteiger partial charge is 0.373 e. The van der Waals surface area contributed by atoms with Crippen LogP contribution in [-0.2, 0) is 16.1 Å². The summed E-state index contributed by atoms with van der Waals surface area (Å²) in [6.07, 6.45) is 1.68. The highest BCUT2D eigenvalue weighted by atomic mass is 79.9. The molecule has 3 rings (SSSR count). The Morgan fingerprint density at radius 1 is 1.33 bits per heavy atom. The molecule has 0 aliphatic carbocycles. The lowest BCUT2D eigenvalue weighted by atomic mass is 10.3. The SMILES string of the molecule is COC(=O)c1ccc(CN2C(=O)SC(=Cc3ccc(Br)s3)C2=O)o1. The number of carbonyl (C=O) groups excluding carboxylic acids is 3. The van der Waals surface area contributed by atoms with Crippen LogP contribution in [0.4, 0.5) is 4.79 Å². The van der Waals surface area contributed by atoms with Crippen LogP contribution in [0.3, 0.4) is 0 Å². The number of halogens is 1. The summed E-state index contributed by atoms with van der Waals surface area (Å²) in [4.78, 5) is 38.2. The van der Waals surface area contributed by atoms with Gasteiger partial charge in [0.15, 0.2) is 0 Å². The Morgan fingerprint density at radius 2 is 2.12 bits per heavy atom. The monoisotopic (exact) mass is 427 g/mol. The van der Waals surface area contributed by atoms with Crippen molar-refractivity contribution in [2.24, 2.45) is 0 Å². The molecule has 0 N–H and O–H groups in total. The summed E-state index contributed by atoms with van der Waals surface area (Å²) >= 11 is 5.70. The molecular weight excluding hydrogens is 418 g/mol. The summed E-state index contributed by atoms with van der Waals surface area (Å²) in [6.45, 7) is -0.0346. The van der Waals surface area contributed by atoms with Crippen LogP contribution in [0, 0.1) is 0 Å². The van der Waals surface area contributed by atoms with Gasteiger partial charge in [-0.1, -0.05) is 0 Å². The van der Waals surface area contributed by atoms with Gasteiger partial charge in [-0.3, -0.25) is 14.5 Å². The second-order valence-electron chi connectivity index (χ2n) is 4.67. The predicted molar refractivity (Wildman–Crippen MR) is 93.6 cm³/mol. The van der Waals surface area contributed by atoms with Crippen LogP contribution >= 0.6 is 39.0 Å². The first-order chi connectivity index (χ1) is 11.5. The molecule has 1 saturated heterocycles. The topological polar surface area (TPSA) is 76.8 Å². The molecule has 1 aliphatic heterocycles. The van der Waals surface area contributed by atoms with Gasteiger partial charge in [0.1, 0.15) is 5.76 Å². The molecule has 6 nitrogen and oxygen atoms in total. The number of thioether (sulfide) groups is 1. The van der Waals surface area contributed by atoms with Gasteiger partial charge in [-0.05, 0) is 58.0 Å². The Morgan fingerprint density at radius 3 is 2.79 bits per heavy atom. The molecule has 0 spiro atoms. The highest BCUT2D eigenvalue weighted by Gasteiger charge is 2.35. The van der Waals surface area contributed by atoms with Gasteiger partial charge in [-0.2, -0.15) is 0 Å². The number of methoxy groups -OCH3 is 1. The number of ether oxygens (including phenoxy) is 1. The molecule has 3 heterocycles. The fourth-order valence-electron chi connectivity index (χ4n) is 2.00. The molecule has 2 amide bonds. The standard InChI is InChI=1S/C15H10BrNO5S2/c1-21-14(19)10-4-2-8(22-10)7-17-13(18)11(24-15(17)20)6-9-3-5-12(16)23-9/h2-6H,7H2,1H3. The third-order valence-electron chi connectivity index (χ3n) is 3.10. The van der Waals surface area contributed by atoms with Gasteiger partial charge in [0.05, 0.1) is 22.3 Å². The molecule has 124 valence electrons. The minimum absolute atomic E-state index is 0.0263. The first-order valence-electron chi connectivity index (χ1n) is 6.65. The third-order valence-corrected chi connectivity index (χ3v) is 5.58. The number of furan rings is 1. The molecule has 0 atom stereocenters. The molecule has 9 heteroatoms. The molecule has 0 saturated carbocycles. The van der Waals surface area contributed by atoms with E-state index in [9.17, 15) is 14.4 Å². The second kappa shape index (κ2) is 6.96. The van der Waals surface area contributed by atoms with E-state index in [-0.39, 0.29) is 23.5 Å². The van der Waals surface area contributed by atoms with Crippen LogP contribution < -0.4 is 0 Å². The van der Waals surface area contributed by atoms with Crippen molar-refractivity contribution in [3.8, 4) is 0 Å². The van der Waals surface area contributed by atoms with Crippen LogP contribution in [0.15, 0.2) is 37.4 Å². The van der Waals surface area contributed by atoms with E-state index in [0.29, 0.717) is 10.7 Å². The number of esters is 1. The number of carbonyl (C=O) groups is 3. The van der Waals surface area contributed by atoms with Crippen molar-refractivity contribution in [2.75, 3.05) is 7.11 Å². The molecule has 1 aliphatic rings. The predicted octanol–water partition coefficient (Wildman–Crippen LogP) is 4.13. The number of nitrogens with zero attached hydrogens (tertiary/aromatic N) is 1. The van der Waals surface area contributed by atoms with E-state index in [1.165, 1.54) is 30.6 Å². The molecule has 1 fully saturated rings. The van der Waals surface area contributed by atoms with Crippen LogP contribution in [0.5, 0.6) is 0 Å².